The number of rotatable bonds is 2. The largest absolute Gasteiger partial charge is 0.338 e. The highest BCUT2D eigenvalue weighted by Gasteiger charge is 2.38. The molecule has 2 saturated heterocycles. The number of amides is 1. The lowest BCUT2D eigenvalue weighted by atomic mass is 10.0. The molecule has 2 fully saturated rings. The normalized spacial score (nSPS) is 24.0. The fraction of sp³-hybridized carbons (Fsp3) is 0.500. The molecule has 0 aliphatic carbocycles. The van der Waals surface area contributed by atoms with Crippen molar-refractivity contribution in [1.82, 2.24) is 19.8 Å². The number of nitrogens with one attached hydrogen (secondary N) is 1. The van der Waals surface area contributed by atoms with E-state index >= 15 is 0 Å². The Morgan fingerprint density at radius 2 is 2.05 bits per heavy atom. The zero-order valence-electron chi connectivity index (χ0n) is 12.9. The van der Waals surface area contributed by atoms with Gasteiger partial charge in [0.1, 0.15) is 0 Å². The summed E-state index contributed by atoms with van der Waals surface area (Å²) in [5, 5.41) is 6.31. The molecule has 0 unspecified atom stereocenters. The van der Waals surface area contributed by atoms with Gasteiger partial charge in [0.2, 0.25) is 0 Å². The first-order valence-corrected chi connectivity index (χ1v) is 8.62. The van der Waals surface area contributed by atoms with Gasteiger partial charge in [-0.2, -0.15) is 0 Å². The number of thiazole rings is 1. The second-order valence-electron chi connectivity index (χ2n) is 6.32. The minimum Gasteiger partial charge on any atom is -0.338 e. The summed E-state index contributed by atoms with van der Waals surface area (Å²) in [6.45, 7) is 7.92. The van der Waals surface area contributed by atoms with Gasteiger partial charge in [-0.3, -0.25) is 9.36 Å². The fourth-order valence-corrected chi connectivity index (χ4v) is 4.54. The van der Waals surface area contributed by atoms with Crippen molar-refractivity contribution in [2.75, 3.05) is 26.2 Å². The van der Waals surface area contributed by atoms with E-state index in [1.807, 2.05) is 30.2 Å². The Morgan fingerprint density at radius 1 is 1.32 bits per heavy atom. The van der Waals surface area contributed by atoms with E-state index in [-0.39, 0.29) is 5.91 Å². The first-order valence-electron chi connectivity index (χ1n) is 7.74. The summed E-state index contributed by atoms with van der Waals surface area (Å²) < 4.78 is 2.08. The van der Waals surface area contributed by atoms with Gasteiger partial charge in [0.15, 0.2) is 5.13 Å². The molecule has 0 radical (unpaired) electrons. The summed E-state index contributed by atoms with van der Waals surface area (Å²) >= 11 is 1.59. The molecule has 4 rings (SSSR count). The molecule has 0 saturated carbocycles. The molecule has 0 spiro atoms. The van der Waals surface area contributed by atoms with Gasteiger partial charge in [-0.15, -0.1) is 11.3 Å². The number of aromatic nitrogens is 2. The van der Waals surface area contributed by atoms with E-state index in [2.05, 4.69) is 14.9 Å². The Balaban J connectivity index is 1.63. The second kappa shape index (κ2) is 5.21. The SMILES string of the molecule is Cc1cc(C(=O)N2C[C@H]3CNC[C@H]3C2)c(C)n1-c1nccs1. The maximum Gasteiger partial charge on any atom is 0.255 e. The van der Waals surface area contributed by atoms with Crippen LogP contribution in [0.4, 0.5) is 0 Å². The van der Waals surface area contributed by atoms with Crippen LogP contribution in [0.15, 0.2) is 17.6 Å². The first-order chi connectivity index (χ1) is 10.6. The second-order valence-corrected chi connectivity index (χ2v) is 7.20. The number of hydrogen-bond donors (Lipinski definition) is 1. The van der Waals surface area contributed by atoms with Crippen molar-refractivity contribution in [2.45, 2.75) is 13.8 Å². The fourth-order valence-electron chi connectivity index (χ4n) is 3.79. The summed E-state index contributed by atoms with van der Waals surface area (Å²) in [5.74, 6) is 1.43. The van der Waals surface area contributed by atoms with Gasteiger partial charge < -0.3 is 10.2 Å². The maximum absolute atomic E-state index is 12.9. The molecule has 2 aromatic rings. The third-order valence-electron chi connectivity index (χ3n) is 4.95. The van der Waals surface area contributed by atoms with Gasteiger partial charge in [0, 0.05) is 49.1 Å². The van der Waals surface area contributed by atoms with Crippen LogP contribution in [0.2, 0.25) is 0 Å². The van der Waals surface area contributed by atoms with E-state index in [1.54, 1.807) is 17.5 Å². The topological polar surface area (TPSA) is 50.2 Å². The third kappa shape index (κ3) is 2.09. The van der Waals surface area contributed by atoms with E-state index in [0.29, 0.717) is 11.8 Å². The molecule has 2 aromatic heterocycles. The van der Waals surface area contributed by atoms with Crippen molar-refractivity contribution < 1.29 is 4.79 Å². The van der Waals surface area contributed by atoms with Crippen LogP contribution < -0.4 is 5.32 Å². The molecule has 2 aliphatic rings. The van der Waals surface area contributed by atoms with E-state index in [0.717, 1.165) is 48.3 Å². The Labute approximate surface area is 134 Å². The molecule has 4 heterocycles. The third-order valence-corrected chi connectivity index (χ3v) is 5.71. The molecule has 116 valence electrons. The molecule has 0 aromatic carbocycles. The summed E-state index contributed by atoms with van der Waals surface area (Å²) in [4.78, 5) is 19.3. The van der Waals surface area contributed by atoms with Gasteiger partial charge in [-0.1, -0.05) is 0 Å². The maximum atomic E-state index is 12.9. The Bertz CT molecular complexity index is 694. The zero-order valence-corrected chi connectivity index (χ0v) is 13.7. The smallest absolute Gasteiger partial charge is 0.255 e. The lowest BCUT2D eigenvalue weighted by molar-refractivity contribution is 0.0781. The van der Waals surface area contributed by atoms with Crippen molar-refractivity contribution in [2.24, 2.45) is 11.8 Å². The Kier molecular flexibility index (Phi) is 3.31. The van der Waals surface area contributed by atoms with E-state index < -0.39 is 0 Å². The van der Waals surface area contributed by atoms with Crippen LogP contribution in [0.3, 0.4) is 0 Å². The number of aryl methyl sites for hydroxylation is 1. The highest BCUT2D eigenvalue weighted by atomic mass is 32.1. The van der Waals surface area contributed by atoms with E-state index in [9.17, 15) is 4.79 Å². The quantitative estimate of drug-likeness (QED) is 0.920. The summed E-state index contributed by atoms with van der Waals surface area (Å²) in [7, 11) is 0. The number of hydrogen-bond acceptors (Lipinski definition) is 4. The van der Waals surface area contributed by atoms with E-state index in [1.165, 1.54) is 0 Å². The first kappa shape index (κ1) is 14.0. The number of carbonyl (C=O) groups excluding carboxylic acids is 1. The van der Waals surface area contributed by atoms with Crippen LogP contribution in [-0.2, 0) is 0 Å². The lowest BCUT2D eigenvalue weighted by Crippen LogP contribution is -2.32. The lowest BCUT2D eigenvalue weighted by Gasteiger charge is -2.17. The summed E-state index contributed by atoms with van der Waals surface area (Å²) in [6.07, 6.45) is 1.80. The molecular weight excluding hydrogens is 296 g/mol. The van der Waals surface area contributed by atoms with Crippen LogP contribution in [0.5, 0.6) is 0 Å². The number of carbonyl (C=O) groups is 1. The number of nitrogens with zero attached hydrogens (tertiary/aromatic N) is 3. The van der Waals surface area contributed by atoms with Crippen LogP contribution >= 0.6 is 11.3 Å². The van der Waals surface area contributed by atoms with Gasteiger partial charge in [-0.25, -0.2) is 4.98 Å². The van der Waals surface area contributed by atoms with Crippen LogP contribution in [-0.4, -0.2) is 46.5 Å². The van der Waals surface area contributed by atoms with Gasteiger partial charge in [0.25, 0.3) is 5.91 Å². The molecule has 2 atom stereocenters. The van der Waals surface area contributed by atoms with Gasteiger partial charge in [0.05, 0.1) is 5.56 Å². The van der Waals surface area contributed by atoms with Gasteiger partial charge >= 0.3 is 0 Å². The van der Waals surface area contributed by atoms with Gasteiger partial charge in [-0.05, 0) is 31.7 Å². The van der Waals surface area contributed by atoms with Crippen molar-refractivity contribution >= 4 is 17.2 Å². The summed E-state index contributed by atoms with van der Waals surface area (Å²) in [5.41, 5.74) is 2.88. The highest BCUT2D eigenvalue weighted by molar-refractivity contribution is 7.12. The Morgan fingerprint density at radius 3 is 2.68 bits per heavy atom. The van der Waals surface area contributed by atoms with Crippen LogP contribution in [0.1, 0.15) is 21.7 Å². The highest BCUT2D eigenvalue weighted by Crippen LogP contribution is 2.29. The zero-order chi connectivity index (χ0) is 15.3. The number of fused-ring (bicyclic) bond motifs is 1. The summed E-state index contributed by atoms with van der Waals surface area (Å²) in [6, 6.07) is 2.01. The molecule has 6 heteroatoms. The molecular formula is C16H20N4OS. The molecule has 5 nitrogen and oxygen atoms in total. The van der Waals surface area contributed by atoms with E-state index in [4.69, 9.17) is 0 Å². The predicted molar refractivity (Wildman–Crippen MR) is 86.7 cm³/mol. The monoisotopic (exact) mass is 316 g/mol. The molecule has 1 N–H and O–H groups in total. The van der Waals surface area contributed by atoms with Crippen molar-refractivity contribution in [3.8, 4) is 5.13 Å². The molecule has 22 heavy (non-hydrogen) atoms. The average molecular weight is 316 g/mol. The molecule has 1 amide bonds. The average Bonchev–Trinajstić information content (AvgIpc) is 3.20. The standard InChI is InChI=1S/C16H20N4OS/c1-10-5-14(11(2)20(10)16-18-3-4-22-16)15(21)19-8-12-6-17-7-13(12)9-19/h3-5,12-13,17H,6-9H2,1-2H3/t12-,13+. The van der Waals surface area contributed by atoms with Crippen LogP contribution in [0, 0.1) is 25.7 Å². The predicted octanol–water partition coefficient (Wildman–Crippen LogP) is 1.84. The number of likely N-dealkylation sites (tertiary alicyclic amines) is 1. The minimum absolute atomic E-state index is 0.172. The van der Waals surface area contributed by atoms with Crippen molar-refractivity contribution in [1.29, 1.82) is 0 Å². The Hall–Kier alpha value is -1.66. The van der Waals surface area contributed by atoms with Crippen molar-refractivity contribution in [3.05, 3.63) is 34.6 Å². The minimum atomic E-state index is 0.172. The molecule has 0 bridgehead atoms. The van der Waals surface area contributed by atoms with Crippen LogP contribution in [0.25, 0.3) is 5.13 Å². The van der Waals surface area contributed by atoms with Crippen molar-refractivity contribution in [3.63, 3.8) is 0 Å². The molecule has 2 aliphatic heterocycles.